The van der Waals surface area contributed by atoms with Crippen LogP contribution in [0, 0.1) is 0 Å². The maximum absolute atomic E-state index is 12.0. The van der Waals surface area contributed by atoms with Crippen LogP contribution in [0.3, 0.4) is 0 Å². The maximum atomic E-state index is 12.0. The smallest absolute Gasteiger partial charge is 0.337 e. The standard InChI is InChI=1S/C20H15NO3.ClH/c1-2-24-17-9-5-8-15-19(17)18(20(22)23)14-10-12-6-3-4-7-13(12)11-16(14)21-15;/h3-11H,2H2,1H3,(H,22,23);1H. The number of carboxylic acid groups (broad SMARTS) is 1. The van der Waals surface area contributed by atoms with Gasteiger partial charge in [0.1, 0.15) is 5.75 Å². The summed E-state index contributed by atoms with van der Waals surface area (Å²) in [5.41, 5.74) is 1.54. The molecule has 0 saturated carbocycles. The Balaban J connectivity index is 0.00000182. The van der Waals surface area contributed by atoms with Gasteiger partial charge >= 0.3 is 5.97 Å². The van der Waals surface area contributed by atoms with Crippen LogP contribution in [-0.2, 0) is 0 Å². The molecule has 25 heavy (non-hydrogen) atoms. The quantitative estimate of drug-likeness (QED) is 0.523. The number of fused-ring (bicyclic) bond motifs is 3. The molecule has 3 aromatic carbocycles. The first-order valence-corrected chi connectivity index (χ1v) is 7.80. The highest BCUT2D eigenvalue weighted by Crippen LogP contribution is 2.34. The van der Waals surface area contributed by atoms with Crippen LogP contribution in [0.1, 0.15) is 17.3 Å². The first-order valence-electron chi connectivity index (χ1n) is 7.80. The van der Waals surface area contributed by atoms with Gasteiger partial charge in [-0.05, 0) is 42.0 Å². The molecule has 0 radical (unpaired) electrons. The van der Waals surface area contributed by atoms with Crippen molar-refractivity contribution in [3.8, 4) is 5.75 Å². The number of rotatable bonds is 3. The molecule has 4 nitrogen and oxygen atoms in total. The van der Waals surface area contributed by atoms with Crippen molar-refractivity contribution in [2.45, 2.75) is 6.92 Å². The van der Waals surface area contributed by atoms with Crippen LogP contribution in [-0.4, -0.2) is 22.7 Å². The molecule has 0 fully saturated rings. The second-order valence-corrected chi connectivity index (χ2v) is 5.59. The minimum absolute atomic E-state index is 0. The molecule has 0 atom stereocenters. The van der Waals surface area contributed by atoms with E-state index in [2.05, 4.69) is 4.98 Å². The summed E-state index contributed by atoms with van der Waals surface area (Å²) in [6, 6.07) is 17.1. The van der Waals surface area contributed by atoms with Gasteiger partial charge in [0.05, 0.1) is 28.6 Å². The van der Waals surface area contributed by atoms with Gasteiger partial charge in [-0.25, -0.2) is 9.78 Å². The van der Waals surface area contributed by atoms with Crippen molar-refractivity contribution in [1.29, 1.82) is 0 Å². The lowest BCUT2D eigenvalue weighted by atomic mass is 9.99. The normalized spacial score (nSPS) is 10.8. The van der Waals surface area contributed by atoms with Gasteiger partial charge in [0, 0.05) is 5.39 Å². The molecule has 0 bridgehead atoms. The van der Waals surface area contributed by atoms with E-state index in [0.29, 0.717) is 34.2 Å². The van der Waals surface area contributed by atoms with E-state index in [1.807, 2.05) is 55.5 Å². The molecule has 0 aliphatic carbocycles. The van der Waals surface area contributed by atoms with E-state index >= 15 is 0 Å². The fourth-order valence-electron chi connectivity index (χ4n) is 3.15. The van der Waals surface area contributed by atoms with Gasteiger partial charge in [0.15, 0.2) is 0 Å². The van der Waals surface area contributed by atoms with E-state index in [-0.39, 0.29) is 18.0 Å². The lowest BCUT2D eigenvalue weighted by Gasteiger charge is -2.12. The highest BCUT2D eigenvalue weighted by Gasteiger charge is 2.19. The van der Waals surface area contributed by atoms with Gasteiger partial charge in [-0.15, -0.1) is 12.4 Å². The molecule has 0 saturated heterocycles. The third-order valence-electron chi connectivity index (χ3n) is 4.14. The second-order valence-electron chi connectivity index (χ2n) is 5.59. The van der Waals surface area contributed by atoms with Gasteiger partial charge in [-0.1, -0.05) is 30.3 Å². The summed E-state index contributed by atoms with van der Waals surface area (Å²) in [4.78, 5) is 16.7. The molecule has 0 amide bonds. The first kappa shape index (κ1) is 17.0. The number of hydrogen-bond donors (Lipinski definition) is 1. The van der Waals surface area contributed by atoms with E-state index in [1.165, 1.54) is 0 Å². The summed E-state index contributed by atoms with van der Waals surface area (Å²) < 4.78 is 5.64. The van der Waals surface area contributed by atoms with Gasteiger partial charge in [0.2, 0.25) is 0 Å². The third kappa shape index (κ3) is 2.75. The number of benzene rings is 3. The summed E-state index contributed by atoms with van der Waals surface area (Å²) in [7, 11) is 0. The minimum Gasteiger partial charge on any atom is -0.493 e. The average molecular weight is 354 g/mol. The van der Waals surface area contributed by atoms with Gasteiger partial charge < -0.3 is 9.84 Å². The molecule has 4 rings (SSSR count). The largest absolute Gasteiger partial charge is 0.493 e. The van der Waals surface area contributed by atoms with Gasteiger partial charge in [-0.2, -0.15) is 0 Å². The topological polar surface area (TPSA) is 59.4 Å². The molecule has 0 unspecified atom stereocenters. The number of carboxylic acids is 1. The molecule has 1 N–H and O–H groups in total. The highest BCUT2D eigenvalue weighted by molar-refractivity contribution is 6.17. The molecule has 0 aliphatic rings. The Morgan fingerprint density at radius 1 is 1.04 bits per heavy atom. The number of carbonyl (C=O) groups is 1. The molecule has 5 heteroatoms. The molecular formula is C20H16ClNO3. The number of pyridine rings is 1. The molecule has 4 aromatic rings. The zero-order valence-electron chi connectivity index (χ0n) is 13.5. The van der Waals surface area contributed by atoms with Gasteiger partial charge in [0.25, 0.3) is 0 Å². The molecule has 1 aromatic heterocycles. The van der Waals surface area contributed by atoms with E-state index in [4.69, 9.17) is 4.74 Å². The van der Waals surface area contributed by atoms with Crippen LogP contribution < -0.4 is 4.74 Å². The molecule has 126 valence electrons. The Hall–Kier alpha value is -2.85. The number of hydrogen-bond acceptors (Lipinski definition) is 3. The van der Waals surface area contributed by atoms with Crippen LogP contribution in [0.25, 0.3) is 32.6 Å². The minimum atomic E-state index is -0.977. The summed E-state index contributed by atoms with van der Waals surface area (Å²) in [5, 5.41) is 13.1. The fourth-order valence-corrected chi connectivity index (χ4v) is 3.15. The Morgan fingerprint density at radius 2 is 1.76 bits per heavy atom. The molecule has 1 heterocycles. The molecular weight excluding hydrogens is 338 g/mol. The second kappa shape index (κ2) is 6.57. The summed E-state index contributed by atoms with van der Waals surface area (Å²) in [6.07, 6.45) is 0. The Morgan fingerprint density at radius 3 is 2.44 bits per heavy atom. The predicted molar refractivity (Wildman–Crippen MR) is 102 cm³/mol. The van der Waals surface area contributed by atoms with E-state index in [0.717, 1.165) is 10.8 Å². The van der Waals surface area contributed by atoms with Crippen molar-refractivity contribution in [3.63, 3.8) is 0 Å². The van der Waals surface area contributed by atoms with E-state index < -0.39 is 5.97 Å². The van der Waals surface area contributed by atoms with Crippen molar-refractivity contribution < 1.29 is 14.6 Å². The van der Waals surface area contributed by atoms with Crippen molar-refractivity contribution in [1.82, 2.24) is 4.98 Å². The third-order valence-corrected chi connectivity index (χ3v) is 4.14. The van der Waals surface area contributed by atoms with Crippen LogP contribution in [0.4, 0.5) is 0 Å². The first-order chi connectivity index (χ1) is 11.7. The van der Waals surface area contributed by atoms with Crippen LogP contribution in [0.15, 0.2) is 54.6 Å². The monoisotopic (exact) mass is 353 g/mol. The predicted octanol–water partition coefficient (Wildman–Crippen LogP) is 5.06. The zero-order chi connectivity index (χ0) is 16.7. The Kier molecular flexibility index (Phi) is 4.47. The Bertz CT molecular complexity index is 1110. The lowest BCUT2D eigenvalue weighted by molar-refractivity contribution is 0.0701. The maximum Gasteiger partial charge on any atom is 0.337 e. The average Bonchev–Trinajstić information content (AvgIpc) is 2.58. The van der Waals surface area contributed by atoms with E-state index in [1.54, 1.807) is 6.07 Å². The van der Waals surface area contributed by atoms with Crippen molar-refractivity contribution in [3.05, 3.63) is 60.2 Å². The summed E-state index contributed by atoms with van der Waals surface area (Å²) in [6.45, 7) is 2.34. The Labute approximate surface area is 150 Å². The van der Waals surface area contributed by atoms with Crippen LogP contribution >= 0.6 is 12.4 Å². The van der Waals surface area contributed by atoms with E-state index in [9.17, 15) is 9.90 Å². The number of nitrogens with zero attached hydrogens (tertiary/aromatic N) is 1. The summed E-state index contributed by atoms with van der Waals surface area (Å²) in [5.74, 6) is -0.426. The number of ether oxygens (including phenoxy) is 1. The van der Waals surface area contributed by atoms with Crippen LogP contribution in [0.5, 0.6) is 5.75 Å². The molecule has 0 spiro atoms. The van der Waals surface area contributed by atoms with Crippen molar-refractivity contribution in [2.75, 3.05) is 6.61 Å². The van der Waals surface area contributed by atoms with Crippen molar-refractivity contribution in [2.24, 2.45) is 0 Å². The number of aromatic nitrogens is 1. The van der Waals surface area contributed by atoms with Gasteiger partial charge in [-0.3, -0.25) is 0 Å². The molecule has 0 aliphatic heterocycles. The number of halogens is 1. The van der Waals surface area contributed by atoms with Crippen molar-refractivity contribution >= 4 is 51.0 Å². The summed E-state index contributed by atoms with van der Waals surface area (Å²) >= 11 is 0. The van der Waals surface area contributed by atoms with Crippen LogP contribution in [0.2, 0.25) is 0 Å². The zero-order valence-corrected chi connectivity index (χ0v) is 14.3. The SMILES string of the molecule is CCOc1cccc2nc3cc4ccccc4cc3c(C(=O)O)c12.Cl. The lowest BCUT2D eigenvalue weighted by Crippen LogP contribution is -2.03. The number of aromatic carboxylic acids is 1. The fraction of sp³-hybridized carbons (Fsp3) is 0.100. The highest BCUT2D eigenvalue weighted by atomic mass is 35.5.